The molecular formula is C17H26N2O2S. The van der Waals surface area contributed by atoms with Gasteiger partial charge in [-0.25, -0.2) is 0 Å². The van der Waals surface area contributed by atoms with Crippen molar-refractivity contribution in [3.8, 4) is 0 Å². The number of hydrogen-bond acceptors (Lipinski definition) is 4. The Hall–Kier alpha value is -0.910. The summed E-state index contributed by atoms with van der Waals surface area (Å²) < 4.78 is 5.21. The Kier molecular flexibility index (Phi) is 5.16. The molecule has 2 fully saturated rings. The predicted molar refractivity (Wildman–Crippen MR) is 89.0 cm³/mol. The van der Waals surface area contributed by atoms with Crippen molar-refractivity contribution in [2.24, 2.45) is 0 Å². The minimum absolute atomic E-state index is 0.0962. The fourth-order valence-corrected chi connectivity index (χ4v) is 4.63. The van der Waals surface area contributed by atoms with E-state index in [9.17, 15) is 4.79 Å². The molecule has 0 aromatic carbocycles. The van der Waals surface area contributed by atoms with Gasteiger partial charge in [-0.15, -0.1) is 0 Å². The highest BCUT2D eigenvalue weighted by Crippen LogP contribution is 2.39. The second kappa shape index (κ2) is 7.11. The number of carbonyl (C=O) groups excluding carboxylic acids is 1. The zero-order valence-electron chi connectivity index (χ0n) is 13.4. The summed E-state index contributed by atoms with van der Waals surface area (Å²) in [5.41, 5.74) is 1.51. The van der Waals surface area contributed by atoms with Crippen molar-refractivity contribution >= 4 is 17.2 Å². The molecule has 0 radical (unpaired) electrons. The summed E-state index contributed by atoms with van der Waals surface area (Å²) in [6.45, 7) is 4.67. The molecule has 2 saturated heterocycles. The van der Waals surface area contributed by atoms with E-state index in [1.165, 1.54) is 12.0 Å². The number of rotatable bonds is 5. The predicted octanol–water partition coefficient (Wildman–Crippen LogP) is 2.74. The maximum Gasteiger partial charge on any atom is 0.223 e. The minimum Gasteiger partial charge on any atom is -0.383 e. The Labute approximate surface area is 137 Å². The van der Waals surface area contributed by atoms with Gasteiger partial charge in [0, 0.05) is 38.7 Å². The quantitative estimate of drug-likeness (QED) is 0.836. The van der Waals surface area contributed by atoms with Crippen molar-refractivity contribution in [1.82, 2.24) is 9.80 Å². The van der Waals surface area contributed by atoms with Gasteiger partial charge in [0.05, 0.1) is 6.61 Å². The molecule has 2 aliphatic rings. The lowest BCUT2D eigenvalue weighted by atomic mass is 9.88. The SMILES string of the molecule is COCCN1C(=O)CCC12CCCN(Cc1ccsc1)CC2. The van der Waals surface area contributed by atoms with Gasteiger partial charge >= 0.3 is 0 Å². The smallest absolute Gasteiger partial charge is 0.223 e. The Balaban J connectivity index is 1.64. The molecule has 0 N–H and O–H groups in total. The van der Waals surface area contributed by atoms with Crippen LogP contribution >= 0.6 is 11.3 Å². The lowest BCUT2D eigenvalue weighted by molar-refractivity contribution is -0.132. The molecule has 4 nitrogen and oxygen atoms in total. The molecule has 1 aromatic heterocycles. The molecule has 3 heterocycles. The number of nitrogens with zero attached hydrogens (tertiary/aromatic N) is 2. The lowest BCUT2D eigenvalue weighted by Gasteiger charge is -2.38. The maximum atomic E-state index is 12.3. The van der Waals surface area contributed by atoms with Crippen molar-refractivity contribution < 1.29 is 9.53 Å². The molecule has 1 amide bonds. The molecule has 1 spiro atoms. The second-order valence-corrected chi connectivity index (χ2v) is 7.30. The normalized spacial score (nSPS) is 26.8. The van der Waals surface area contributed by atoms with E-state index in [2.05, 4.69) is 26.6 Å². The van der Waals surface area contributed by atoms with Crippen LogP contribution in [0, 0.1) is 0 Å². The summed E-state index contributed by atoms with van der Waals surface area (Å²) >= 11 is 1.77. The van der Waals surface area contributed by atoms with Crippen LogP contribution in [0.15, 0.2) is 16.8 Å². The molecule has 1 atom stereocenters. The highest BCUT2D eigenvalue weighted by atomic mass is 32.1. The van der Waals surface area contributed by atoms with E-state index in [1.54, 1.807) is 18.4 Å². The third-order valence-corrected chi connectivity index (χ3v) is 5.93. The Bertz CT molecular complexity index is 491. The van der Waals surface area contributed by atoms with Crippen LogP contribution in [0.1, 0.15) is 37.7 Å². The summed E-state index contributed by atoms with van der Waals surface area (Å²) in [6.07, 6.45) is 5.17. The average Bonchev–Trinajstić information content (AvgIpc) is 3.06. The second-order valence-electron chi connectivity index (χ2n) is 6.52. The Morgan fingerprint density at radius 3 is 3.00 bits per heavy atom. The van der Waals surface area contributed by atoms with Gasteiger partial charge in [-0.2, -0.15) is 11.3 Å². The number of amides is 1. The van der Waals surface area contributed by atoms with E-state index in [-0.39, 0.29) is 5.54 Å². The minimum atomic E-state index is 0.0962. The van der Waals surface area contributed by atoms with Gasteiger partial charge < -0.3 is 9.64 Å². The number of likely N-dealkylation sites (tertiary alicyclic amines) is 2. The molecule has 0 aliphatic carbocycles. The number of carbonyl (C=O) groups is 1. The lowest BCUT2D eigenvalue weighted by Crippen LogP contribution is -2.47. The van der Waals surface area contributed by atoms with Crippen LogP contribution in [0.4, 0.5) is 0 Å². The zero-order chi connectivity index (χ0) is 15.4. The van der Waals surface area contributed by atoms with Gasteiger partial charge in [0.15, 0.2) is 0 Å². The molecule has 3 rings (SSSR count). The molecule has 1 unspecified atom stereocenters. The summed E-state index contributed by atoms with van der Waals surface area (Å²) in [5.74, 6) is 0.323. The standard InChI is InChI=1S/C17H26N2O2S/c1-21-11-10-19-16(20)3-6-17(19)5-2-8-18(9-7-17)13-15-4-12-22-14-15/h4,12,14H,2-3,5-11,13H2,1H3. The molecule has 22 heavy (non-hydrogen) atoms. The van der Waals surface area contributed by atoms with E-state index in [1.807, 2.05) is 0 Å². The third-order valence-electron chi connectivity index (χ3n) is 5.19. The summed E-state index contributed by atoms with van der Waals surface area (Å²) in [4.78, 5) is 16.9. The molecule has 122 valence electrons. The molecule has 0 saturated carbocycles. The molecule has 0 bridgehead atoms. The van der Waals surface area contributed by atoms with Crippen molar-refractivity contribution in [2.45, 2.75) is 44.2 Å². The van der Waals surface area contributed by atoms with E-state index < -0.39 is 0 Å². The van der Waals surface area contributed by atoms with Crippen LogP contribution in [0.3, 0.4) is 0 Å². The van der Waals surface area contributed by atoms with Crippen LogP contribution in [-0.2, 0) is 16.1 Å². The van der Waals surface area contributed by atoms with Crippen molar-refractivity contribution in [3.05, 3.63) is 22.4 Å². The largest absolute Gasteiger partial charge is 0.383 e. The molecule has 2 aliphatic heterocycles. The summed E-state index contributed by atoms with van der Waals surface area (Å²) in [7, 11) is 1.71. The first-order valence-electron chi connectivity index (χ1n) is 8.26. The highest BCUT2D eigenvalue weighted by Gasteiger charge is 2.45. The van der Waals surface area contributed by atoms with E-state index >= 15 is 0 Å². The van der Waals surface area contributed by atoms with Crippen LogP contribution in [0.5, 0.6) is 0 Å². The van der Waals surface area contributed by atoms with E-state index in [4.69, 9.17) is 4.74 Å². The van der Waals surface area contributed by atoms with Crippen molar-refractivity contribution in [1.29, 1.82) is 0 Å². The summed E-state index contributed by atoms with van der Waals surface area (Å²) in [6, 6.07) is 2.22. The fraction of sp³-hybridized carbons (Fsp3) is 0.706. The molecular weight excluding hydrogens is 296 g/mol. The highest BCUT2D eigenvalue weighted by molar-refractivity contribution is 7.07. The van der Waals surface area contributed by atoms with Gasteiger partial charge in [0.1, 0.15) is 0 Å². The monoisotopic (exact) mass is 322 g/mol. The van der Waals surface area contributed by atoms with Crippen LogP contribution in [0.2, 0.25) is 0 Å². The number of methoxy groups -OCH3 is 1. The summed E-state index contributed by atoms with van der Waals surface area (Å²) in [5, 5.41) is 4.39. The zero-order valence-corrected chi connectivity index (χ0v) is 14.2. The van der Waals surface area contributed by atoms with Crippen LogP contribution in [0.25, 0.3) is 0 Å². The fourth-order valence-electron chi connectivity index (χ4n) is 3.97. The molecule has 5 heteroatoms. The first kappa shape index (κ1) is 16.0. The number of thiophene rings is 1. The van der Waals surface area contributed by atoms with Gasteiger partial charge in [-0.3, -0.25) is 9.69 Å². The van der Waals surface area contributed by atoms with Crippen molar-refractivity contribution in [3.63, 3.8) is 0 Å². The van der Waals surface area contributed by atoms with E-state index in [0.29, 0.717) is 18.9 Å². The van der Waals surface area contributed by atoms with Gasteiger partial charge in [0.2, 0.25) is 5.91 Å². The third kappa shape index (κ3) is 3.36. The van der Waals surface area contributed by atoms with Gasteiger partial charge in [-0.05, 0) is 54.6 Å². The van der Waals surface area contributed by atoms with Crippen molar-refractivity contribution in [2.75, 3.05) is 33.4 Å². The Morgan fingerprint density at radius 1 is 1.32 bits per heavy atom. The maximum absolute atomic E-state index is 12.3. The molecule has 1 aromatic rings. The van der Waals surface area contributed by atoms with E-state index in [0.717, 1.165) is 45.4 Å². The van der Waals surface area contributed by atoms with Crippen LogP contribution in [-0.4, -0.2) is 54.6 Å². The topological polar surface area (TPSA) is 32.8 Å². The first-order chi connectivity index (χ1) is 10.7. The number of ether oxygens (including phenoxy) is 1. The van der Waals surface area contributed by atoms with Crippen LogP contribution < -0.4 is 0 Å². The average molecular weight is 322 g/mol. The number of hydrogen-bond donors (Lipinski definition) is 0. The van der Waals surface area contributed by atoms with Gasteiger partial charge in [0.25, 0.3) is 0 Å². The first-order valence-corrected chi connectivity index (χ1v) is 9.21. The Morgan fingerprint density at radius 2 is 2.23 bits per heavy atom. The van der Waals surface area contributed by atoms with Gasteiger partial charge in [-0.1, -0.05) is 0 Å².